The number of cyclic esters (lactones) is 1. The van der Waals surface area contributed by atoms with Crippen molar-refractivity contribution in [3.05, 3.63) is 74.9 Å². The first-order valence-electron chi connectivity index (χ1n) is 10.5. The highest BCUT2D eigenvalue weighted by atomic mass is 79.9. The van der Waals surface area contributed by atoms with Gasteiger partial charge in [-0.3, -0.25) is 5.32 Å². The summed E-state index contributed by atoms with van der Waals surface area (Å²) in [6.45, 7) is 3.27. The molecule has 0 fully saturated rings. The van der Waals surface area contributed by atoms with Gasteiger partial charge in [-0.2, -0.15) is 0 Å². The van der Waals surface area contributed by atoms with Gasteiger partial charge in [0.1, 0.15) is 27.3 Å². The Hall–Kier alpha value is -3.44. The Balaban J connectivity index is 0.000000187. The van der Waals surface area contributed by atoms with Crippen molar-refractivity contribution in [2.75, 3.05) is 11.9 Å². The quantitative estimate of drug-likeness (QED) is 0.250. The van der Waals surface area contributed by atoms with Crippen molar-refractivity contribution >= 4 is 60.6 Å². The van der Waals surface area contributed by atoms with Crippen LogP contribution in [0.1, 0.15) is 19.4 Å². The van der Waals surface area contributed by atoms with E-state index in [0.717, 1.165) is 15.7 Å². The molecule has 8 nitrogen and oxygen atoms in total. The summed E-state index contributed by atoms with van der Waals surface area (Å²) in [7, 11) is 0. The maximum atomic E-state index is 13.9. The van der Waals surface area contributed by atoms with Gasteiger partial charge in [0.05, 0.1) is 11.1 Å². The van der Waals surface area contributed by atoms with Crippen molar-refractivity contribution in [1.82, 2.24) is 5.16 Å². The molecule has 36 heavy (non-hydrogen) atoms. The van der Waals surface area contributed by atoms with Gasteiger partial charge in [0.15, 0.2) is 12.2 Å². The molecule has 0 bridgehead atoms. The fourth-order valence-electron chi connectivity index (χ4n) is 3.60. The summed E-state index contributed by atoms with van der Waals surface area (Å²) >= 11 is 6.68. The van der Waals surface area contributed by atoms with E-state index in [1.807, 2.05) is 32.0 Å². The number of anilines is 1. The highest BCUT2D eigenvalue weighted by Crippen LogP contribution is 2.39. The van der Waals surface area contributed by atoms with Gasteiger partial charge in [-0.15, -0.1) is 0 Å². The molecule has 0 saturated carbocycles. The number of nitrogens with one attached hydrogen (secondary N) is 1. The molecule has 1 amide bonds. The Labute approximate surface area is 221 Å². The lowest BCUT2D eigenvalue weighted by atomic mass is 9.95. The van der Waals surface area contributed by atoms with Crippen molar-refractivity contribution in [3.63, 3.8) is 0 Å². The molecule has 0 unspecified atom stereocenters. The fraction of sp³-hybridized carbons (Fsp3) is 0.160. The molecular weight excluding hydrogens is 603 g/mol. The molecule has 0 saturated heterocycles. The van der Waals surface area contributed by atoms with E-state index in [-0.39, 0.29) is 0 Å². The zero-order chi connectivity index (χ0) is 26.0. The van der Waals surface area contributed by atoms with E-state index in [9.17, 15) is 14.0 Å². The monoisotopic (exact) mass is 620 g/mol. The van der Waals surface area contributed by atoms with Crippen LogP contribution in [-0.2, 0) is 15.1 Å². The van der Waals surface area contributed by atoms with Gasteiger partial charge < -0.3 is 19.1 Å². The van der Waals surface area contributed by atoms with Crippen LogP contribution in [0.15, 0.2) is 68.1 Å². The smallest absolute Gasteiger partial charge is 0.412 e. The van der Waals surface area contributed by atoms with Gasteiger partial charge in [0.2, 0.25) is 0 Å². The molecule has 0 aliphatic carbocycles. The molecule has 5 rings (SSSR count). The first-order chi connectivity index (χ1) is 17.1. The molecule has 0 radical (unpaired) electrons. The van der Waals surface area contributed by atoms with E-state index < -0.39 is 30.1 Å². The minimum atomic E-state index is -1.09. The van der Waals surface area contributed by atoms with Crippen LogP contribution < -0.4 is 10.1 Å². The molecule has 2 heterocycles. The predicted octanol–water partition coefficient (Wildman–Crippen LogP) is 7.11. The lowest BCUT2D eigenvalue weighted by Gasteiger charge is -2.32. The second-order valence-electron chi connectivity index (χ2n) is 8.16. The number of benzene rings is 3. The molecule has 4 aromatic rings. The topological polar surface area (TPSA) is 111 Å². The number of hydrogen-bond acceptors (Lipinski definition) is 6. The van der Waals surface area contributed by atoms with Gasteiger partial charge in [-0.1, -0.05) is 33.2 Å². The first kappa shape index (κ1) is 25.6. The molecule has 186 valence electrons. The van der Waals surface area contributed by atoms with E-state index in [0.29, 0.717) is 32.4 Å². The molecule has 0 atom stereocenters. The van der Waals surface area contributed by atoms with E-state index >= 15 is 0 Å². The Morgan fingerprint density at radius 2 is 1.92 bits per heavy atom. The minimum Gasteiger partial charge on any atom is -0.481 e. The van der Waals surface area contributed by atoms with Crippen LogP contribution in [0.5, 0.6) is 5.75 Å². The SMILES string of the molecule is CC1(C)OC(=O)Nc2ccc(Br)cc21.O=C(O)COc1ccc2c(-c3ccccc3F)noc2c1Br. The van der Waals surface area contributed by atoms with E-state index in [4.69, 9.17) is 19.1 Å². The third-order valence-electron chi connectivity index (χ3n) is 5.24. The van der Waals surface area contributed by atoms with Crippen molar-refractivity contribution < 1.29 is 33.1 Å². The minimum absolute atomic E-state index is 0.311. The molecule has 3 aromatic carbocycles. The molecule has 1 aromatic heterocycles. The molecule has 1 aliphatic rings. The summed E-state index contributed by atoms with van der Waals surface area (Å²) in [6.07, 6.45) is -0.398. The average Bonchev–Trinajstić information content (AvgIpc) is 3.24. The standard InChI is InChI=1S/C15H9BrFNO4.C10H10BrNO2/c16-13-11(21-7-12(19)20)6-5-9-14(18-22-15(9)13)8-3-1-2-4-10(8)17;1-10(2)7-5-6(11)3-4-8(7)12-9(13)14-10/h1-6H,7H2,(H,19,20);3-5H,1-2H3,(H,12,13). The van der Waals surface area contributed by atoms with Crippen LogP contribution in [0.25, 0.3) is 22.2 Å². The molecule has 2 N–H and O–H groups in total. The summed E-state index contributed by atoms with van der Waals surface area (Å²) in [5, 5.41) is 15.8. The Morgan fingerprint density at radius 1 is 1.17 bits per heavy atom. The molecule has 11 heteroatoms. The Kier molecular flexibility index (Phi) is 7.32. The van der Waals surface area contributed by atoms with Crippen molar-refractivity contribution in [2.24, 2.45) is 0 Å². The number of fused-ring (bicyclic) bond motifs is 2. The van der Waals surface area contributed by atoms with Gasteiger partial charge >= 0.3 is 12.1 Å². The largest absolute Gasteiger partial charge is 0.481 e. The van der Waals surface area contributed by atoms with Crippen LogP contribution in [0.3, 0.4) is 0 Å². The normalized spacial score (nSPS) is 13.6. The highest BCUT2D eigenvalue weighted by molar-refractivity contribution is 9.11. The number of carbonyl (C=O) groups is 2. The number of rotatable bonds is 4. The number of nitrogens with zero attached hydrogens (tertiary/aromatic N) is 1. The van der Waals surface area contributed by atoms with Crippen LogP contribution in [0, 0.1) is 5.82 Å². The summed E-state index contributed by atoms with van der Waals surface area (Å²) in [6, 6.07) is 15.2. The number of carboxylic acids is 1. The van der Waals surface area contributed by atoms with Crippen LogP contribution >= 0.6 is 31.9 Å². The first-order valence-corrected chi connectivity index (χ1v) is 12.1. The highest BCUT2D eigenvalue weighted by Gasteiger charge is 2.33. The van der Waals surface area contributed by atoms with Gasteiger partial charge in [0, 0.05) is 15.6 Å². The predicted molar refractivity (Wildman–Crippen MR) is 138 cm³/mol. The summed E-state index contributed by atoms with van der Waals surface area (Å²) in [4.78, 5) is 21.7. The average molecular weight is 622 g/mol. The van der Waals surface area contributed by atoms with Gasteiger partial charge in [-0.25, -0.2) is 14.0 Å². The summed E-state index contributed by atoms with van der Waals surface area (Å²) in [5.41, 5.74) is 2.29. The van der Waals surface area contributed by atoms with E-state index in [2.05, 4.69) is 42.3 Å². The van der Waals surface area contributed by atoms with Crippen molar-refractivity contribution in [3.8, 4) is 17.0 Å². The van der Waals surface area contributed by atoms with Gasteiger partial charge in [-0.05, 0) is 72.2 Å². The molecular formula is C25H19Br2FN2O6. The van der Waals surface area contributed by atoms with Crippen molar-refractivity contribution in [1.29, 1.82) is 0 Å². The zero-order valence-corrected chi connectivity index (χ0v) is 22.1. The Bertz CT molecular complexity index is 1470. The lowest BCUT2D eigenvalue weighted by molar-refractivity contribution is -0.139. The number of aromatic nitrogens is 1. The molecule has 0 spiro atoms. The maximum Gasteiger partial charge on any atom is 0.412 e. The lowest BCUT2D eigenvalue weighted by Crippen LogP contribution is -2.34. The van der Waals surface area contributed by atoms with Crippen LogP contribution in [-0.4, -0.2) is 28.9 Å². The number of carboxylic acid groups (broad SMARTS) is 1. The number of hydrogen-bond donors (Lipinski definition) is 2. The van der Waals surface area contributed by atoms with Crippen LogP contribution in [0.2, 0.25) is 0 Å². The third-order valence-corrected chi connectivity index (χ3v) is 6.48. The van der Waals surface area contributed by atoms with E-state index in [1.165, 1.54) is 6.07 Å². The Morgan fingerprint density at radius 3 is 2.64 bits per heavy atom. The summed E-state index contributed by atoms with van der Waals surface area (Å²) in [5.74, 6) is -1.18. The second-order valence-corrected chi connectivity index (χ2v) is 9.87. The number of aliphatic carboxylic acids is 1. The van der Waals surface area contributed by atoms with Crippen molar-refractivity contribution in [2.45, 2.75) is 19.4 Å². The zero-order valence-electron chi connectivity index (χ0n) is 19.0. The second kappa shape index (κ2) is 10.3. The number of carbonyl (C=O) groups excluding carboxylic acids is 1. The van der Waals surface area contributed by atoms with E-state index in [1.54, 1.807) is 30.3 Å². The number of amides is 1. The maximum absolute atomic E-state index is 13.9. The fourth-order valence-corrected chi connectivity index (χ4v) is 4.49. The third kappa shape index (κ3) is 5.36. The number of ether oxygens (including phenoxy) is 2. The van der Waals surface area contributed by atoms with Crippen LogP contribution in [0.4, 0.5) is 14.9 Å². The van der Waals surface area contributed by atoms with Gasteiger partial charge in [0.25, 0.3) is 0 Å². The number of halogens is 3. The molecule has 1 aliphatic heterocycles. The summed E-state index contributed by atoms with van der Waals surface area (Å²) < 4.78 is 30.9.